The van der Waals surface area contributed by atoms with Crippen LogP contribution in [0.1, 0.15) is 13.8 Å². The summed E-state index contributed by atoms with van der Waals surface area (Å²) in [5.74, 6) is 0. The van der Waals surface area contributed by atoms with Gasteiger partial charge in [0.25, 0.3) is 0 Å². The number of anilines is 1. The Balaban J connectivity index is 0.000000952. The van der Waals surface area contributed by atoms with Crippen molar-refractivity contribution in [2.45, 2.75) is 28.5 Å². The predicted molar refractivity (Wildman–Crippen MR) is 92.7 cm³/mol. The van der Waals surface area contributed by atoms with Gasteiger partial charge in [0.1, 0.15) is 0 Å². The molecule has 0 bridgehead atoms. The highest BCUT2D eigenvalue weighted by molar-refractivity contribution is 7.93. The van der Waals surface area contributed by atoms with Gasteiger partial charge in [0.15, 0.2) is 0 Å². The molecule has 24 heavy (non-hydrogen) atoms. The molecule has 2 N–H and O–H groups in total. The summed E-state index contributed by atoms with van der Waals surface area (Å²) in [6.07, 6.45) is 0.250. The first-order valence-corrected chi connectivity index (χ1v) is 9.19. The second kappa shape index (κ2) is 11.4. The van der Waals surface area contributed by atoms with Crippen LogP contribution in [0.25, 0.3) is 0 Å². The third-order valence-corrected chi connectivity index (χ3v) is 4.96. The second-order valence-electron chi connectivity index (χ2n) is 3.92. The molecule has 0 aliphatic rings. The van der Waals surface area contributed by atoms with Gasteiger partial charge in [-0.2, -0.15) is 9.59 Å². The van der Waals surface area contributed by atoms with Crippen molar-refractivity contribution in [2.75, 3.05) is 12.4 Å². The van der Waals surface area contributed by atoms with E-state index in [1.54, 1.807) is 43.4 Å². The molecule has 0 amide bonds. The van der Waals surface area contributed by atoms with Crippen LogP contribution in [-0.4, -0.2) is 26.2 Å². The van der Waals surface area contributed by atoms with E-state index >= 15 is 0 Å². The smallest absolute Gasteiger partial charge is 0.373 e. The van der Waals surface area contributed by atoms with E-state index in [9.17, 15) is 8.42 Å². The zero-order valence-electron chi connectivity index (χ0n) is 13.5. The van der Waals surface area contributed by atoms with Crippen molar-refractivity contribution in [3.63, 3.8) is 0 Å². The zero-order valence-corrected chi connectivity index (χ0v) is 15.1. The van der Waals surface area contributed by atoms with E-state index < -0.39 is 9.84 Å². The van der Waals surface area contributed by atoms with E-state index in [0.717, 1.165) is 5.69 Å². The lowest BCUT2D eigenvalue weighted by molar-refractivity contribution is -0.191. The third-order valence-electron chi connectivity index (χ3n) is 2.69. The van der Waals surface area contributed by atoms with Gasteiger partial charge >= 0.3 is 6.15 Å². The summed E-state index contributed by atoms with van der Waals surface area (Å²) >= 11 is 0.586. The summed E-state index contributed by atoms with van der Waals surface area (Å²) < 4.78 is 33.6. The van der Waals surface area contributed by atoms with E-state index in [0.29, 0.717) is 16.9 Å². The van der Waals surface area contributed by atoms with Gasteiger partial charge in [0, 0.05) is 29.7 Å². The maximum atomic E-state index is 12.3. The Morgan fingerprint density at radius 2 is 1.29 bits per heavy atom. The molecule has 0 heterocycles. The van der Waals surface area contributed by atoms with Crippen molar-refractivity contribution < 1.29 is 22.6 Å². The Morgan fingerprint density at radius 3 is 1.62 bits per heavy atom. The van der Waals surface area contributed by atoms with Crippen LogP contribution in [0.15, 0.2) is 63.2 Å². The lowest BCUT2D eigenvalue weighted by Crippen LogP contribution is -2.02. The summed E-state index contributed by atoms with van der Waals surface area (Å²) in [7, 11) is -1.74. The topological polar surface area (TPSA) is 101 Å². The van der Waals surface area contributed by atoms with Gasteiger partial charge in [0.2, 0.25) is 9.84 Å². The molecule has 0 saturated carbocycles. The average Bonchev–Trinajstić information content (AvgIpc) is 2.64. The zero-order chi connectivity index (χ0) is 18.6. The van der Waals surface area contributed by atoms with Gasteiger partial charge in [-0.3, -0.25) is 0 Å². The maximum Gasteiger partial charge on any atom is 0.373 e. The third kappa shape index (κ3) is 6.17. The number of benzene rings is 2. The minimum Gasteiger partial charge on any atom is -0.388 e. The summed E-state index contributed by atoms with van der Waals surface area (Å²) in [4.78, 5) is 17.3. The highest BCUT2D eigenvalue weighted by Crippen LogP contribution is 2.24. The van der Waals surface area contributed by atoms with Crippen molar-refractivity contribution in [3.8, 4) is 0 Å². The average molecular weight is 369 g/mol. The van der Waals surface area contributed by atoms with Gasteiger partial charge in [-0.25, -0.2) is 8.42 Å². The molecule has 2 rings (SSSR count). The number of carbonyl (C=O) groups excluding carboxylic acids is 2. The van der Waals surface area contributed by atoms with Crippen LogP contribution in [0, 0.1) is 0 Å². The number of hydrogen-bond donors (Lipinski definition) is 2. The fourth-order valence-corrected chi connectivity index (χ4v) is 3.14. The molecule has 0 aromatic heterocycles. The quantitative estimate of drug-likeness (QED) is 0.795. The summed E-state index contributed by atoms with van der Waals surface area (Å²) in [5.41, 5.74) is 0.853. The number of nitrogens with one attached hydrogen (secondary N) is 1. The predicted octanol–water partition coefficient (Wildman–Crippen LogP) is 3.57. The Bertz CT molecular complexity index is 682. The first-order valence-electron chi connectivity index (χ1n) is 6.93. The Kier molecular flexibility index (Phi) is 10.4. The summed E-state index contributed by atoms with van der Waals surface area (Å²) in [6.45, 7) is 4.00. The summed E-state index contributed by atoms with van der Waals surface area (Å²) in [6, 6.07) is 12.7. The van der Waals surface area contributed by atoms with Crippen LogP contribution in [0.2, 0.25) is 0 Å². The van der Waals surface area contributed by atoms with Crippen molar-refractivity contribution >= 4 is 33.7 Å². The van der Waals surface area contributed by atoms with Gasteiger partial charge in [-0.05, 0) is 48.5 Å². The van der Waals surface area contributed by atoms with Crippen LogP contribution in [0.3, 0.4) is 0 Å². The Morgan fingerprint density at radius 1 is 0.917 bits per heavy atom. The fourth-order valence-electron chi connectivity index (χ4n) is 1.62. The van der Waals surface area contributed by atoms with Crippen LogP contribution >= 0.6 is 12.0 Å². The lowest BCUT2D eigenvalue weighted by Gasteiger charge is -2.06. The van der Waals surface area contributed by atoms with Crippen LogP contribution in [0.4, 0.5) is 5.69 Å². The first kappa shape index (κ1) is 21.9. The van der Waals surface area contributed by atoms with Gasteiger partial charge < -0.3 is 9.87 Å². The molecule has 8 heteroatoms. The van der Waals surface area contributed by atoms with Crippen molar-refractivity contribution in [3.05, 3.63) is 48.5 Å². The normalized spacial score (nSPS) is 9.50. The SMILES string of the molecule is CC.CNc1ccc(S(=O)(=O)c2ccc(SO)cc2)cc1.O=C=O. The lowest BCUT2D eigenvalue weighted by atomic mass is 10.3. The largest absolute Gasteiger partial charge is 0.388 e. The van der Waals surface area contributed by atoms with Gasteiger partial charge in [-0.1, -0.05) is 13.8 Å². The molecular formula is C16H19NO5S2. The van der Waals surface area contributed by atoms with Crippen LogP contribution < -0.4 is 5.32 Å². The van der Waals surface area contributed by atoms with Crippen molar-refractivity contribution in [2.24, 2.45) is 0 Å². The number of sulfone groups is 1. The van der Waals surface area contributed by atoms with E-state index in [1.165, 1.54) is 12.1 Å². The second-order valence-corrected chi connectivity index (χ2v) is 6.53. The molecule has 2 aromatic rings. The standard InChI is InChI=1S/C13H13NO3S2.C2H6.CO2/c1-14-10-2-6-12(7-3-10)19(16,17)13-8-4-11(18-15)5-9-13;1-2;2-1-3/h2-9,14-15H,1H3;1-2H3;. The molecule has 0 fully saturated rings. The van der Waals surface area contributed by atoms with Crippen molar-refractivity contribution in [1.29, 1.82) is 0 Å². The maximum absolute atomic E-state index is 12.3. The van der Waals surface area contributed by atoms with Crippen molar-refractivity contribution in [1.82, 2.24) is 0 Å². The first-order chi connectivity index (χ1) is 11.5. The van der Waals surface area contributed by atoms with E-state index in [4.69, 9.17) is 14.1 Å². The molecule has 6 nitrogen and oxygen atoms in total. The number of rotatable bonds is 4. The van der Waals surface area contributed by atoms with Gasteiger partial charge in [0.05, 0.1) is 9.79 Å². The molecule has 0 atom stereocenters. The molecular weight excluding hydrogens is 350 g/mol. The molecule has 0 aliphatic heterocycles. The van der Waals surface area contributed by atoms with E-state index in [-0.39, 0.29) is 15.9 Å². The molecule has 0 spiro atoms. The highest BCUT2D eigenvalue weighted by atomic mass is 32.2. The Labute approximate surface area is 146 Å². The molecule has 0 saturated heterocycles. The van der Waals surface area contributed by atoms with E-state index in [1.807, 2.05) is 13.8 Å². The fraction of sp³-hybridized carbons (Fsp3) is 0.188. The molecule has 0 radical (unpaired) electrons. The monoisotopic (exact) mass is 369 g/mol. The van der Waals surface area contributed by atoms with Gasteiger partial charge in [-0.15, -0.1) is 0 Å². The minimum atomic E-state index is -3.51. The molecule has 2 aromatic carbocycles. The van der Waals surface area contributed by atoms with E-state index in [2.05, 4.69) is 5.32 Å². The molecule has 0 aliphatic carbocycles. The molecule has 130 valence electrons. The van der Waals surface area contributed by atoms with Crippen LogP contribution in [0.5, 0.6) is 0 Å². The minimum absolute atomic E-state index is 0.211. The number of hydrogen-bond acceptors (Lipinski definition) is 7. The summed E-state index contributed by atoms with van der Waals surface area (Å²) in [5, 5.41) is 2.94. The Hall–Kier alpha value is -2.12. The molecule has 0 unspecified atom stereocenters. The van der Waals surface area contributed by atoms with Crippen LogP contribution in [-0.2, 0) is 19.4 Å². The highest BCUT2D eigenvalue weighted by Gasteiger charge is 2.17.